The average Bonchev–Trinajstić information content (AvgIpc) is 2.53. The minimum Gasteiger partial charge on any atom is -0.381 e. The Kier molecular flexibility index (Phi) is 3.78. The SMILES string of the molecule is OC(C1=CCCCCC1)c1ncc(Cl)s1. The van der Waals surface area contributed by atoms with Crippen LogP contribution in [0.3, 0.4) is 0 Å². The highest BCUT2D eigenvalue weighted by Gasteiger charge is 2.17. The molecule has 1 aliphatic carbocycles. The van der Waals surface area contributed by atoms with Crippen LogP contribution in [0.1, 0.15) is 43.2 Å². The van der Waals surface area contributed by atoms with Crippen molar-refractivity contribution in [1.82, 2.24) is 4.98 Å². The summed E-state index contributed by atoms with van der Waals surface area (Å²) in [6.07, 6.45) is 8.93. The van der Waals surface area contributed by atoms with Crippen LogP contribution in [-0.4, -0.2) is 10.1 Å². The number of rotatable bonds is 2. The zero-order chi connectivity index (χ0) is 10.7. The van der Waals surface area contributed by atoms with Gasteiger partial charge >= 0.3 is 0 Å². The lowest BCUT2D eigenvalue weighted by Crippen LogP contribution is -2.00. The average molecular weight is 244 g/mol. The second-order valence-electron chi connectivity index (χ2n) is 3.78. The van der Waals surface area contributed by atoms with Crippen molar-refractivity contribution >= 4 is 22.9 Å². The van der Waals surface area contributed by atoms with Gasteiger partial charge < -0.3 is 5.11 Å². The number of hydrogen-bond donors (Lipinski definition) is 1. The van der Waals surface area contributed by atoms with E-state index in [1.54, 1.807) is 6.20 Å². The molecule has 1 aliphatic rings. The highest BCUT2D eigenvalue weighted by atomic mass is 35.5. The van der Waals surface area contributed by atoms with E-state index in [0.29, 0.717) is 9.34 Å². The normalized spacial score (nSPS) is 19.5. The van der Waals surface area contributed by atoms with Gasteiger partial charge in [-0.15, -0.1) is 11.3 Å². The molecule has 0 amide bonds. The van der Waals surface area contributed by atoms with Gasteiger partial charge in [0.2, 0.25) is 0 Å². The van der Waals surface area contributed by atoms with Crippen LogP contribution in [0.2, 0.25) is 4.34 Å². The fourth-order valence-corrected chi connectivity index (χ4v) is 2.80. The molecule has 0 aliphatic heterocycles. The third-order valence-electron chi connectivity index (χ3n) is 2.66. The Balaban J connectivity index is 2.12. The number of aliphatic hydroxyl groups excluding tert-OH is 1. The largest absolute Gasteiger partial charge is 0.381 e. The van der Waals surface area contributed by atoms with Crippen LogP contribution in [0.4, 0.5) is 0 Å². The van der Waals surface area contributed by atoms with Gasteiger partial charge in [-0.25, -0.2) is 4.98 Å². The molecule has 0 aromatic carbocycles. The van der Waals surface area contributed by atoms with Crippen molar-refractivity contribution in [1.29, 1.82) is 0 Å². The third-order valence-corrected chi connectivity index (χ3v) is 3.82. The lowest BCUT2D eigenvalue weighted by Gasteiger charge is -2.10. The molecule has 1 aromatic heterocycles. The molecular formula is C11H14ClNOS. The molecule has 4 heteroatoms. The van der Waals surface area contributed by atoms with E-state index in [2.05, 4.69) is 11.1 Å². The number of aliphatic hydroxyl groups is 1. The first kappa shape index (κ1) is 11.1. The van der Waals surface area contributed by atoms with Gasteiger partial charge in [0, 0.05) is 0 Å². The summed E-state index contributed by atoms with van der Waals surface area (Å²) in [6.45, 7) is 0. The van der Waals surface area contributed by atoms with Crippen molar-refractivity contribution < 1.29 is 5.11 Å². The summed E-state index contributed by atoms with van der Waals surface area (Å²) in [5.74, 6) is 0. The highest BCUT2D eigenvalue weighted by molar-refractivity contribution is 7.15. The van der Waals surface area contributed by atoms with E-state index in [1.807, 2.05) is 0 Å². The predicted molar refractivity (Wildman–Crippen MR) is 63.3 cm³/mol. The van der Waals surface area contributed by atoms with Gasteiger partial charge in [0.15, 0.2) is 0 Å². The van der Waals surface area contributed by atoms with Gasteiger partial charge in [-0.05, 0) is 31.3 Å². The molecule has 2 nitrogen and oxygen atoms in total. The fourth-order valence-electron chi connectivity index (χ4n) is 1.84. The lowest BCUT2D eigenvalue weighted by atomic mass is 10.1. The van der Waals surface area contributed by atoms with Crippen LogP contribution < -0.4 is 0 Å². The molecule has 0 fully saturated rings. The molecule has 1 N–H and O–H groups in total. The number of hydrogen-bond acceptors (Lipinski definition) is 3. The lowest BCUT2D eigenvalue weighted by molar-refractivity contribution is 0.210. The first-order chi connectivity index (χ1) is 7.27. The fraction of sp³-hybridized carbons (Fsp3) is 0.545. The Morgan fingerprint density at radius 1 is 1.40 bits per heavy atom. The molecule has 0 saturated heterocycles. The maximum atomic E-state index is 10.1. The van der Waals surface area contributed by atoms with Gasteiger partial charge in [-0.1, -0.05) is 24.1 Å². The molecule has 82 valence electrons. The van der Waals surface area contributed by atoms with Crippen LogP contribution in [0.5, 0.6) is 0 Å². The number of halogens is 1. The van der Waals surface area contributed by atoms with E-state index in [4.69, 9.17) is 11.6 Å². The van der Waals surface area contributed by atoms with Crippen LogP contribution in [0.25, 0.3) is 0 Å². The van der Waals surface area contributed by atoms with E-state index in [0.717, 1.165) is 18.4 Å². The van der Waals surface area contributed by atoms with Crippen LogP contribution in [0.15, 0.2) is 17.8 Å². The minimum atomic E-state index is -0.541. The summed E-state index contributed by atoms with van der Waals surface area (Å²) in [6, 6.07) is 0. The van der Waals surface area contributed by atoms with Gasteiger partial charge in [-0.3, -0.25) is 0 Å². The third kappa shape index (κ3) is 2.80. The van der Waals surface area contributed by atoms with Crippen LogP contribution in [0, 0.1) is 0 Å². The van der Waals surface area contributed by atoms with E-state index in [-0.39, 0.29) is 0 Å². The summed E-state index contributed by atoms with van der Waals surface area (Å²) in [4.78, 5) is 4.12. The number of allylic oxidation sites excluding steroid dienone is 1. The van der Waals surface area contributed by atoms with Crippen molar-refractivity contribution in [3.63, 3.8) is 0 Å². The summed E-state index contributed by atoms with van der Waals surface area (Å²) < 4.78 is 0.637. The van der Waals surface area contributed by atoms with Gasteiger partial charge in [-0.2, -0.15) is 0 Å². The van der Waals surface area contributed by atoms with Crippen molar-refractivity contribution in [2.75, 3.05) is 0 Å². The molecule has 1 heterocycles. The van der Waals surface area contributed by atoms with Crippen LogP contribution in [-0.2, 0) is 0 Å². The topological polar surface area (TPSA) is 33.1 Å². The molecule has 15 heavy (non-hydrogen) atoms. The van der Waals surface area contributed by atoms with Crippen molar-refractivity contribution in [2.45, 2.75) is 38.2 Å². The van der Waals surface area contributed by atoms with Gasteiger partial charge in [0.25, 0.3) is 0 Å². The number of nitrogens with zero attached hydrogens (tertiary/aromatic N) is 1. The molecule has 0 saturated carbocycles. The Labute approximate surface area is 98.6 Å². The maximum absolute atomic E-state index is 10.1. The first-order valence-corrected chi connectivity index (χ1v) is 6.45. The molecule has 1 aromatic rings. The molecule has 0 bridgehead atoms. The summed E-state index contributed by atoms with van der Waals surface area (Å²) in [7, 11) is 0. The molecule has 1 unspecified atom stereocenters. The number of aromatic nitrogens is 1. The number of thiazole rings is 1. The van der Waals surface area contributed by atoms with Crippen molar-refractivity contribution in [3.8, 4) is 0 Å². The van der Waals surface area contributed by atoms with Crippen LogP contribution >= 0.6 is 22.9 Å². The summed E-state index contributed by atoms with van der Waals surface area (Å²) in [5, 5.41) is 10.8. The molecule has 2 rings (SSSR count). The van der Waals surface area contributed by atoms with Crippen molar-refractivity contribution in [3.05, 3.63) is 27.2 Å². The minimum absolute atomic E-state index is 0.541. The standard InChI is InChI=1S/C11H14ClNOS/c12-9-7-13-11(15-9)10(14)8-5-3-1-2-4-6-8/h5,7,10,14H,1-4,6H2. The van der Waals surface area contributed by atoms with E-state index in [1.165, 1.54) is 30.6 Å². The highest BCUT2D eigenvalue weighted by Crippen LogP contribution is 2.32. The quantitative estimate of drug-likeness (QED) is 0.804. The predicted octanol–water partition coefficient (Wildman–Crippen LogP) is 3.72. The molecule has 1 atom stereocenters. The maximum Gasteiger partial charge on any atom is 0.127 e. The zero-order valence-corrected chi connectivity index (χ0v) is 10.0. The second kappa shape index (κ2) is 5.10. The molecule has 0 spiro atoms. The molecule has 0 radical (unpaired) electrons. The Bertz CT molecular complexity index is 361. The van der Waals surface area contributed by atoms with Crippen molar-refractivity contribution in [2.24, 2.45) is 0 Å². The molecular weight excluding hydrogens is 230 g/mol. The first-order valence-electron chi connectivity index (χ1n) is 5.25. The second-order valence-corrected chi connectivity index (χ2v) is 5.48. The van der Waals surface area contributed by atoms with E-state index >= 15 is 0 Å². The Morgan fingerprint density at radius 2 is 2.27 bits per heavy atom. The van der Waals surface area contributed by atoms with Gasteiger partial charge in [0.1, 0.15) is 15.4 Å². The zero-order valence-electron chi connectivity index (χ0n) is 8.45. The smallest absolute Gasteiger partial charge is 0.127 e. The Morgan fingerprint density at radius 3 is 3.00 bits per heavy atom. The van der Waals surface area contributed by atoms with E-state index in [9.17, 15) is 5.11 Å². The summed E-state index contributed by atoms with van der Waals surface area (Å²) >= 11 is 7.16. The monoisotopic (exact) mass is 243 g/mol. The summed E-state index contributed by atoms with van der Waals surface area (Å²) in [5.41, 5.74) is 1.11. The Hall–Kier alpha value is -0.380. The van der Waals surface area contributed by atoms with Gasteiger partial charge in [0.05, 0.1) is 6.20 Å². The van der Waals surface area contributed by atoms with E-state index < -0.39 is 6.10 Å².